The summed E-state index contributed by atoms with van der Waals surface area (Å²) in [6.45, 7) is 3.43. The third-order valence-corrected chi connectivity index (χ3v) is 5.46. The van der Waals surface area contributed by atoms with E-state index < -0.39 is 23.8 Å². The number of ether oxygens (including phenoxy) is 2. The first-order chi connectivity index (χ1) is 14.3. The predicted molar refractivity (Wildman–Crippen MR) is 108 cm³/mol. The lowest BCUT2D eigenvalue weighted by Crippen LogP contribution is -2.28. The molecule has 1 aliphatic rings. The van der Waals surface area contributed by atoms with Crippen LogP contribution in [0.25, 0.3) is 0 Å². The van der Waals surface area contributed by atoms with Crippen molar-refractivity contribution in [1.29, 1.82) is 0 Å². The molecular weight excluding hydrogens is 389 g/mol. The third kappa shape index (κ3) is 4.96. The van der Waals surface area contributed by atoms with Crippen LogP contribution in [-0.4, -0.2) is 35.1 Å². The molecule has 7 heteroatoms. The molecule has 0 saturated heterocycles. The number of benzene rings is 1. The number of ketones is 1. The number of hydrogen-bond donors (Lipinski definition) is 1. The molecule has 30 heavy (non-hydrogen) atoms. The highest BCUT2D eigenvalue weighted by Gasteiger charge is 2.38. The van der Waals surface area contributed by atoms with Gasteiger partial charge in [-0.1, -0.05) is 19.1 Å². The van der Waals surface area contributed by atoms with Crippen LogP contribution >= 0.6 is 0 Å². The van der Waals surface area contributed by atoms with Crippen LogP contribution in [-0.2, 0) is 9.53 Å². The van der Waals surface area contributed by atoms with Crippen LogP contribution in [0.1, 0.15) is 55.1 Å². The lowest BCUT2D eigenvalue weighted by Gasteiger charge is -2.25. The van der Waals surface area contributed by atoms with E-state index in [4.69, 9.17) is 9.47 Å². The first-order valence-electron chi connectivity index (χ1n) is 10.0. The van der Waals surface area contributed by atoms with E-state index in [1.54, 1.807) is 19.1 Å². The summed E-state index contributed by atoms with van der Waals surface area (Å²) in [5, 5.41) is 10.1. The van der Waals surface area contributed by atoms with E-state index in [2.05, 4.69) is 4.98 Å². The maximum atomic E-state index is 13.3. The molecule has 2 aromatic rings. The minimum Gasteiger partial charge on any atom is -0.503 e. The lowest BCUT2D eigenvalue weighted by atomic mass is 9.89. The average Bonchev–Trinajstić information content (AvgIpc) is 3.54. The number of aromatic hydroxyl groups is 1. The van der Waals surface area contributed by atoms with Crippen molar-refractivity contribution in [2.45, 2.75) is 45.1 Å². The third-order valence-electron chi connectivity index (χ3n) is 5.46. The summed E-state index contributed by atoms with van der Waals surface area (Å²) in [4.78, 5) is 29.0. The first-order valence-corrected chi connectivity index (χ1v) is 10.0. The van der Waals surface area contributed by atoms with Crippen molar-refractivity contribution in [2.75, 3.05) is 7.11 Å². The zero-order chi connectivity index (χ0) is 21.8. The molecule has 6 nitrogen and oxygen atoms in total. The van der Waals surface area contributed by atoms with E-state index in [1.165, 1.54) is 31.5 Å². The highest BCUT2D eigenvalue weighted by molar-refractivity contribution is 5.99. The van der Waals surface area contributed by atoms with Gasteiger partial charge < -0.3 is 14.6 Å². The van der Waals surface area contributed by atoms with Crippen LogP contribution in [0, 0.1) is 17.7 Å². The Kier molecular flexibility index (Phi) is 6.70. The summed E-state index contributed by atoms with van der Waals surface area (Å²) >= 11 is 0. The molecule has 0 amide bonds. The number of rotatable bonds is 9. The van der Waals surface area contributed by atoms with E-state index >= 15 is 0 Å². The quantitative estimate of drug-likeness (QED) is 0.486. The second kappa shape index (κ2) is 9.24. The fourth-order valence-corrected chi connectivity index (χ4v) is 3.70. The second-order valence-corrected chi connectivity index (χ2v) is 7.80. The van der Waals surface area contributed by atoms with Crippen molar-refractivity contribution in [3.63, 3.8) is 0 Å². The van der Waals surface area contributed by atoms with Gasteiger partial charge in [0.25, 0.3) is 0 Å². The molecule has 1 saturated carbocycles. The van der Waals surface area contributed by atoms with Gasteiger partial charge in [-0.05, 0) is 43.4 Å². The number of nitrogens with zero attached hydrogens (tertiary/aromatic N) is 1. The summed E-state index contributed by atoms with van der Waals surface area (Å²) in [6, 6.07) is 7.72. The van der Waals surface area contributed by atoms with Crippen LogP contribution in [0.3, 0.4) is 0 Å². The van der Waals surface area contributed by atoms with Crippen molar-refractivity contribution in [1.82, 2.24) is 4.98 Å². The maximum absolute atomic E-state index is 13.3. The normalized spacial score (nSPS) is 16.4. The fourth-order valence-electron chi connectivity index (χ4n) is 3.70. The van der Waals surface area contributed by atoms with E-state index in [0.717, 1.165) is 18.4 Å². The SMILES string of the molecule is COc1ccnc(C(=O)C[C@@H](C)C(=O)O[C@@H](C)[C@H](c2ccc(F)cc2)C2CC2)c1O. The van der Waals surface area contributed by atoms with Crippen LogP contribution in [0.15, 0.2) is 36.5 Å². The zero-order valence-corrected chi connectivity index (χ0v) is 17.3. The van der Waals surface area contributed by atoms with Gasteiger partial charge in [-0.3, -0.25) is 9.59 Å². The summed E-state index contributed by atoms with van der Waals surface area (Å²) in [5.74, 6) is -1.80. The number of carbonyl (C=O) groups is 2. The molecule has 3 atom stereocenters. The molecule has 0 unspecified atom stereocenters. The summed E-state index contributed by atoms with van der Waals surface area (Å²) < 4.78 is 23.9. The fraction of sp³-hybridized carbons (Fsp3) is 0.435. The van der Waals surface area contributed by atoms with Crippen molar-refractivity contribution in [2.24, 2.45) is 11.8 Å². The number of hydrogen-bond acceptors (Lipinski definition) is 6. The van der Waals surface area contributed by atoms with Gasteiger partial charge in [0.1, 0.15) is 11.9 Å². The molecule has 1 aromatic heterocycles. The number of methoxy groups -OCH3 is 1. The Bertz CT molecular complexity index is 910. The summed E-state index contributed by atoms with van der Waals surface area (Å²) in [5.41, 5.74) is 0.803. The Morgan fingerprint density at radius 1 is 1.20 bits per heavy atom. The molecule has 3 rings (SSSR count). The standard InChI is InChI=1S/C23H26FNO5/c1-13(12-18(26)21-22(27)19(29-3)10-11-25-21)23(28)30-14(2)20(15-4-5-15)16-6-8-17(24)9-7-16/h6-11,13-15,20,27H,4-5,12H2,1-3H3/t13-,14+,20+/m1/s1. The van der Waals surface area contributed by atoms with Crippen molar-refractivity contribution in [3.05, 3.63) is 53.6 Å². The highest BCUT2D eigenvalue weighted by Crippen LogP contribution is 2.45. The molecule has 0 aliphatic heterocycles. The average molecular weight is 415 g/mol. The Balaban J connectivity index is 1.64. The van der Waals surface area contributed by atoms with Gasteiger partial charge in [0.05, 0.1) is 13.0 Å². The predicted octanol–water partition coefficient (Wildman–Crippen LogP) is 4.27. The van der Waals surface area contributed by atoms with Gasteiger partial charge in [-0.15, -0.1) is 0 Å². The smallest absolute Gasteiger partial charge is 0.309 e. The molecule has 160 valence electrons. The molecular formula is C23H26FNO5. The minimum absolute atomic E-state index is 0.0125. The molecule has 1 aromatic carbocycles. The minimum atomic E-state index is -0.708. The van der Waals surface area contributed by atoms with Crippen LogP contribution in [0.2, 0.25) is 0 Å². The molecule has 0 bridgehead atoms. The largest absolute Gasteiger partial charge is 0.503 e. The Labute approximate surface area is 175 Å². The number of aromatic nitrogens is 1. The van der Waals surface area contributed by atoms with Gasteiger partial charge in [0, 0.05) is 24.6 Å². The topological polar surface area (TPSA) is 85.7 Å². The number of pyridine rings is 1. The molecule has 0 radical (unpaired) electrons. The van der Waals surface area contributed by atoms with Gasteiger partial charge in [0.15, 0.2) is 23.0 Å². The Hall–Kier alpha value is -2.96. The molecule has 1 N–H and O–H groups in total. The Morgan fingerprint density at radius 2 is 1.87 bits per heavy atom. The number of Topliss-reactive ketones (excluding diaryl/α,β-unsaturated/α-hetero) is 1. The highest BCUT2D eigenvalue weighted by atomic mass is 19.1. The number of halogens is 1. The van der Waals surface area contributed by atoms with Gasteiger partial charge in [0.2, 0.25) is 0 Å². The van der Waals surface area contributed by atoms with E-state index in [0.29, 0.717) is 5.92 Å². The van der Waals surface area contributed by atoms with Crippen LogP contribution in [0.5, 0.6) is 11.5 Å². The first kappa shape index (κ1) is 21.7. The van der Waals surface area contributed by atoms with E-state index in [1.807, 2.05) is 6.92 Å². The molecule has 1 aliphatic carbocycles. The van der Waals surface area contributed by atoms with Crippen molar-refractivity contribution < 1.29 is 28.6 Å². The summed E-state index contributed by atoms with van der Waals surface area (Å²) in [7, 11) is 1.38. The number of carbonyl (C=O) groups excluding carboxylic acids is 2. The van der Waals surface area contributed by atoms with E-state index in [9.17, 15) is 19.1 Å². The van der Waals surface area contributed by atoms with Crippen LogP contribution in [0.4, 0.5) is 4.39 Å². The summed E-state index contributed by atoms with van der Waals surface area (Å²) in [6.07, 6.45) is 2.89. The number of esters is 1. The maximum Gasteiger partial charge on any atom is 0.309 e. The second-order valence-electron chi connectivity index (χ2n) is 7.80. The monoisotopic (exact) mass is 415 g/mol. The molecule has 1 heterocycles. The molecule has 0 spiro atoms. The van der Waals surface area contributed by atoms with Crippen molar-refractivity contribution >= 4 is 11.8 Å². The van der Waals surface area contributed by atoms with Crippen molar-refractivity contribution in [3.8, 4) is 11.5 Å². The molecule has 1 fully saturated rings. The lowest BCUT2D eigenvalue weighted by molar-refractivity contribution is -0.153. The van der Waals surface area contributed by atoms with Gasteiger partial charge in [-0.2, -0.15) is 0 Å². The van der Waals surface area contributed by atoms with E-state index in [-0.39, 0.29) is 35.3 Å². The Morgan fingerprint density at radius 3 is 2.47 bits per heavy atom. The van der Waals surface area contributed by atoms with Gasteiger partial charge >= 0.3 is 5.97 Å². The van der Waals surface area contributed by atoms with Crippen LogP contribution < -0.4 is 4.74 Å². The van der Waals surface area contributed by atoms with Gasteiger partial charge in [-0.25, -0.2) is 9.37 Å². The zero-order valence-electron chi connectivity index (χ0n) is 17.3.